The maximum atomic E-state index is 11.7. The lowest BCUT2D eigenvalue weighted by Gasteiger charge is -2.07. The van der Waals surface area contributed by atoms with E-state index in [2.05, 4.69) is 10.3 Å². The van der Waals surface area contributed by atoms with Gasteiger partial charge in [-0.05, 0) is 31.2 Å². The predicted octanol–water partition coefficient (Wildman–Crippen LogP) is 1.77. The molecule has 0 atom stereocenters. The first-order chi connectivity index (χ1) is 10.1. The van der Waals surface area contributed by atoms with E-state index in [9.17, 15) is 9.59 Å². The molecule has 0 saturated carbocycles. The monoisotopic (exact) mass is 285 g/mol. The summed E-state index contributed by atoms with van der Waals surface area (Å²) in [6.07, 6.45) is 1.47. The first-order valence-electron chi connectivity index (χ1n) is 6.30. The summed E-state index contributed by atoms with van der Waals surface area (Å²) in [5.41, 5.74) is 7.42. The Hall–Kier alpha value is -2.89. The van der Waals surface area contributed by atoms with Crippen LogP contribution >= 0.6 is 0 Å². The van der Waals surface area contributed by atoms with Crippen LogP contribution in [0.4, 0.5) is 11.5 Å². The zero-order valence-electron chi connectivity index (χ0n) is 11.5. The Morgan fingerprint density at radius 1 is 1.24 bits per heavy atom. The van der Waals surface area contributed by atoms with Gasteiger partial charge in [0, 0.05) is 11.9 Å². The van der Waals surface area contributed by atoms with E-state index < -0.39 is 11.9 Å². The summed E-state index contributed by atoms with van der Waals surface area (Å²) in [4.78, 5) is 27.2. The van der Waals surface area contributed by atoms with E-state index >= 15 is 0 Å². The van der Waals surface area contributed by atoms with Crippen LogP contribution in [-0.4, -0.2) is 23.5 Å². The molecule has 3 N–H and O–H groups in total. The summed E-state index contributed by atoms with van der Waals surface area (Å²) >= 11 is 0. The number of pyridine rings is 1. The molecular weight excluding hydrogens is 270 g/mol. The Balaban J connectivity index is 1.88. The number of nitrogen functional groups attached to an aromatic ring is 1. The van der Waals surface area contributed by atoms with E-state index in [0.717, 1.165) is 5.56 Å². The van der Waals surface area contributed by atoms with Crippen molar-refractivity contribution in [2.24, 2.45) is 0 Å². The van der Waals surface area contributed by atoms with Crippen LogP contribution in [0.5, 0.6) is 0 Å². The summed E-state index contributed by atoms with van der Waals surface area (Å²) in [5.74, 6) is -1.03. The molecule has 0 saturated heterocycles. The van der Waals surface area contributed by atoms with Crippen molar-refractivity contribution in [1.82, 2.24) is 4.98 Å². The fraction of sp³-hybridized carbons (Fsp3) is 0.133. The Labute approximate surface area is 121 Å². The fourth-order valence-electron chi connectivity index (χ4n) is 1.63. The number of rotatable bonds is 4. The third-order valence-electron chi connectivity index (χ3n) is 2.73. The highest BCUT2D eigenvalue weighted by Crippen LogP contribution is 2.10. The van der Waals surface area contributed by atoms with Crippen molar-refractivity contribution < 1.29 is 14.3 Å². The molecule has 0 spiro atoms. The molecule has 1 aromatic heterocycles. The van der Waals surface area contributed by atoms with Crippen LogP contribution in [0.3, 0.4) is 0 Å². The summed E-state index contributed by atoms with van der Waals surface area (Å²) in [5, 5.41) is 2.63. The van der Waals surface area contributed by atoms with E-state index in [4.69, 9.17) is 10.5 Å². The number of benzene rings is 1. The van der Waals surface area contributed by atoms with E-state index in [1.54, 1.807) is 18.2 Å². The number of nitrogens with one attached hydrogen (secondary N) is 1. The number of hydrogen-bond donors (Lipinski definition) is 2. The molecule has 1 amide bonds. The molecular formula is C15H15N3O3. The van der Waals surface area contributed by atoms with Crippen molar-refractivity contribution in [3.05, 3.63) is 53.7 Å². The average molecular weight is 285 g/mol. The maximum absolute atomic E-state index is 11.7. The van der Waals surface area contributed by atoms with Crippen LogP contribution in [0, 0.1) is 6.92 Å². The minimum atomic E-state index is -0.681. The number of hydrogen-bond acceptors (Lipinski definition) is 5. The number of aryl methyl sites for hydroxylation is 1. The van der Waals surface area contributed by atoms with Crippen LogP contribution in [0.25, 0.3) is 0 Å². The molecule has 108 valence electrons. The largest absolute Gasteiger partial charge is 0.452 e. The van der Waals surface area contributed by atoms with Crippen molar-refractivity contribution in [2.45, 2.75) is 6.92 Å². The molecule has 0 unspecified atom stereocenters. The molecule has 0 aliphatic heterocycles. The molecule has 1 aromatic carbocycles. The van der Waals surface area contributed by atoms with Crippen LogP contribution in [0.15, 0.2) is 42.6 Å². The fourth-order valence-corrected chi connectivity index (χ4v) is 1.63. The van der Waals surface area contributed by atoms with Gasteiger partial charge in [-0.25, -0.2) is 9.78 Å². The lowest BCUT2D eigenvalue weighted by atomic mass is 10.2. The van der Waals surface area contributed by atoms with Gasteiger partial charge in [0.2, 0.25) is 0 Å². The van der Waals surface area contributed by atoms with Crippen molar-refractivity contribution >= 4 is 23.4 Å². The third-order valence-corrected chi connectivity index (χ3v) is 2.73. The SMILES string of the molecule is Cc1ccc(NC(=O)COC(=O)c2cccnc2N)cc1. The van der Waals surface area contributed by atoms with Gasteiger partial charge in [-0.2, -0.15) is 0 Å². The molecule has 0 aliphatic rings. The zero-order chi connectivity index (χ0) is 15.2. The summed E-state index contributed by atoms with van der Waals surface area (Å²) < 4.78 is 4.90. The second kappa shape index (κ2) is 6.51. The highest BCUT2D eigenvalue weighted by molar-refractivity contribution is 5.97. The number of ether oxygens (including phenoxy) is 1. The number of amides is 1. The van der Waals surface area contributed by atoms with Crippen molar-refractivity contribution in [3.63, 3.8) is 0 Å². The molecule has 0 bridgehead atoms. The third kappa shape index (κ3) is 4.04. The molecule has 1 heterocycles. The lowest BCUT2D eigenvalue weighted by molar-refractivity contribution is -0.119. The van der Waals surface area contributed by atoms with Crippen LogP contribution in [0.1, 0.15) is 15.9 Å². The van der Waals surface area contributed by atoms with Crippen LogP contribution in [0.2, 0.25) is 0 Å². The minimum Gasteiger partial charge on any atom is -0.452 e. The zero-order valence-corrected chi connectivity index (χ0v) is 11.5. The van der Waals surface area contributed by atoms with E-state index in [1.165, 1.54) is 12.3 Å². The Bertz CT molecular complexity index is 653. The summed E-state index contributed by atoms with van der Waals surface area (Å²) in [7, 11) is 0. The molecule has 2 rings (SSSR count). The Morgan fingerprint density at radius 3 is 2.62 bits per heavy atom. The smallest absolute Gasteiger partial charge is 0.342 e. The van der Waals surface area contributed by atoms with Gasteiger partial charge in [0.15, 0.2) is 6.61 Å². The number of nitrogens with two attached hydrogens (primary N) is 1. The molecule has 6 heteroatoms. The molecule has 21 heavy (non-hydrogen) atoms. The van der Waals surface area contributed by atoms with Crippen molar-refractivity contribution in [1.29, 1.82) is 0 Å². The number of anilines is 2. The quantitative estimate of drug-likeness (QED) is 0.835. The highest BCUT2D eigenvalue weighted by atomic mass is 16.5. The second-order valence-corrected chi connectivity index (χ2v) is 4.43. The van der Waals surface area contributed by atoms with Gasteiger partial charge in [-0.15, -0.1) is 0 Å². The first-order valence-corrected chi connectivity index (χ1v) is 6.30. The van der Waals surface area contributed by atoms with Crippen molar-refractivity contribution in [2.75, 3.05) is 17.7 Å². The number of carbonyl (C=O) groups is 2. The molecule has 0 aliphatic carbocycles. The van der Waals surface area contributed by atoms with Gasteiger partial charge >= 0.3 is 5.97 Å². The summed E-state index contributed by atoms with van der Waals surface area (Å²) in [6, 6.07) is 10.3. The van der Waals surface area contributed by atoms with Gasteiger partial charge in [0.25, 0.3) is 5.91 Å². The number of aromatic nitrogens is 1. The van der Waals surface area contributed by atoms with E-state index in [1.807, 2.05) is 19.1 Å². The number of nitrogens with zero attached hydrogens (tertiary/aromatic N) is 1. The molecule has 2 aromatic rings. The van der Waals surface area contributed by atoms with Gasteiger partial charge in [0.1, 0.15) is 11.4 Å². The standard InChI is InChI=1S/C15H15N3O3/c1-10-4-6-11(7-5-10)18-13(19)9-21-15(20)12-3-2-8-17-14(12)16/h2-8H,9H2,1H3,(H2,16,17)(H,18,19). The average Bonchev–Trinajstić information content (AvgIpc) is 2.48. The van der Waals surface area contributed by atoms with E-state index in [-0.39, 0.29) is 18.0 Å². The van der Waals surface area contributed by atoms with E-state index in [0.29, 0.717) is 5.69 Å². The topological polar surface area (TPSA) is 94.3 Å². The van der Waals surface area contributed by atoms with Crippen molar-refractivity contribution in [3.8, 4) is 0 Å². The Kier molecular flexibility index (Phi) is 4.50. The Morgan fingerprint density at radius 2 is 1.95 bits per heavy atom. The maximum Gasteiger partial charge on any atom is 0.342 e. The number of esters is 1. The highest BCUT2D eigenvalue weighted by Gasteiger charge is 2.13. The molecule has 0 fully saturated rings. The molecule has 0 radical (unpaired) electrons. The predicted molar refractivity (Wildman–Crippen MR) is 78.7 cm³/mol. The summed E-state index contributed by atoms with van der Waals surface area (Å²) in [6.45, 7) is 1.56. The van der Waals surface area contributed by atoms with Gasteiger partial charge in [0.05, 0.1) is 0 Å². The first kappa shape index (κ1) is 14.5. The van der Waals surface area contributed by atoms with Gasteiger partial charge in [-0.1, -0.05) is 17.7 Å². The van der Waals surface area contributed by atoms with Crippen LogP contribution in [-0.2, 0) is 9.53 Å². The van der Waals surface area contributed by atoms with Gasteiger partial charge < -0.3 is 15.8 Å². The lowest BCUT2D eigenvalue weighted by Crippen LogP contribution is -2.21. The van der Waals surface area contributed by atoms with Gasteiger partial charge in [-0.3, -0.25) is 4.79 Å². The van der Waals surface area contributed by atoms with Crippen LogP contribution < -0.4 is 11.1 Å². The normalized spacial score (nSPS) is 9.95. The number of carbonyl (C=O) groups excluding carboxylic acids is 2. The minimum absolute atomic E-state index is 0.0708. The second-order valence-electron chi connectivity index (χ2n) is 4.43. The molecule has 6 nitrogen and oxygen atoms in total.